The molecule has 0 fully saturated rings. The number of benzene rings is 1. The fraction of sp³-hybridized carbons (Fsp3) is 0.421. The highest BCUT2D eigenvalue weighted by Crippen LogP contribution is 2.30. The summed E-state index contributed by atoms with van der Waals surface area (Å²) in [5.41, 5.74) is 2.79. The summed E-state index contributed by atoms with van der Waals surface area (Å²) in [6.45, 7) is 0.386. The maximum Gasteiger partial charge on any atom is 0.252 e. The Balaban J connectivity index is 1.46. The first kappa shape index (κ1) is 18.1. The first-order valence-electron chi connectivity index (χ1n) is 8.67. The van der Waals surface area contributed by atoms with Crippen molar-refractivity contribution in [3.63, 3.8) is 0 Å². The summed E-state index contributed by atoms with van der Waals surface area (Å²) in [4.78, 5) is 13.7. The van der Waals surface area contributed by atoms with E-state index in [2.05, 4.69) is 5.32 Å². The highest BCUT2D eigenvalue weighted by atomic mass is 32.2. The van der Waals surface area contributed by atoms with E-state index in [1.807, 2.05) is 35.7 Å². The van der Waals surface area contributed by atoms with E-state index >= 15 is 0 Å². The fourth-order valence-electron chi connectivity index (χ4n) is 3.17. The molecule has 1 aliphatic rings. The zero-order valence-corrected chi connectivity index (χ0v) is 15.8. The normalized spacial score (nSPS) is 14.1. The van der Waals surface area contributed by atoms with E-state index in [1.165, 1.54) is 16.9 Å². The lowest BCUT2D eigenvalue weighted by atomic mass is 9.96. The minimum absolute atomic E-state index is 0.0554. The Kier molecular flexibility index (Phi) is 5.91. The number of nitrogens with one attached hydrogen (secondary N) is 1. The molecule has 2 aromatic rings. The maximum atomic E-state index is 12.3. The third-order valence-corrected chi connectivity index (χ3v) is 7.23. The molecule has 4 nitrogen and oxygen atoms in total. The van der Waals surface area contributed by atoms with Gasteiger partial charge in [-0.3, -0.25) is 4.79 Å². The smallest absolute Gasteiger partial charge is 0.252 e. The summed E-state index contributed by atoms with van der Waals surface area (Å²) in [6.07, 6.45) is 4.83. The van der Waals surface area contributed by atoms with Crippen LogP contribution in [0.3, 0.4) is 0 Å². The Bertz CT molecular complexity index is 826. The van der Waals surface area contributed by atoms with E-state index in [9.17, 15) is 13.2 Å². The summed E-state index contributed by atoms with van der Waals surface area (Å²) in [5, 5.41) is 4.82. The van der Waals surface area contributed by atoms with Crippen LogP contribution in [0.5, 0.6) is 0 Å². The third kappa shape index (κ3) is 4.92. The average molecular weight is 378 g/mol. The fourth-order valence-corrected chi connectivity index (χ4v) is 5.73. The van der Waals surface area contributed by atoms with Crippen molar-refractivity contribution in [1.29, 1.82) is 0 Å². The number of hydrogen-bond donors (Lipinski definition) is 1. The molecule has 25 heavy (non-hydrogen) atoms. The van der Waals surface area contributed by atoms with Gasteiger partial charge in [-0.05, 0) is 43.2 Å². The van der Waals surface area contributed by atoms with Crippen molar-refractivity contribution in [2.75, 3.05) is 12.3 Å². The van der Waals surface area contributed by atoms with Crippen molar-refractivity contribution in [2.24, 2.45) is 0 Å². The van der Waals surface area contributed by atoms with Crippen LogP contribution in [0.2, 0.25) is 0 Å². The van der Waals surface area contributed by atoms with Crippen molar-refractivity contribution < 1.29 is 13.2 Å². The van der Waals surface area contributed by atoms with Crippen LogP contribution in [0.4, 0.5) is 0 Å². The van der Waals surface area contributed by atoms with Crippen LogP contribution in [0, 0.1) is 0 Å². The highest BCUT2D eigenvalue weighted by molar-refractivity contribution is 7.90. The lowest BCUT2D eigenvalue weighted by Gasteiger charge is -2.12. The van der Waals surface area contributed by atoms with E-state index in [0.29, 0.717) is 13.0 Å². The molecule has 0 saturated carbocycles. The molecule has 1 N–H and O–H groups in total. The van der Waals surface area contributed by atoms with Crippen LogP contribution >= 0.6 is 11.3 Å². The number of carbonyl (C=O) groups is 1. The number of fused-ring (bicyclic) bond motifs is 1. The van der Waals surface area contributed by atoms with Crippen LogP contribution in [0.25, 0.3) is 0 Å². The SMILES string of the molecule is O=C(NCCCS(=O)(=O)Cc1ccccc1)c1csc2c1CCCC2. The molecule has 0 aliphatic heterocycles. The molecule has 0 saturated heterocycles. The molecule has 1 aromatic heterocycles. The van der Waals surface area contributed by atoms with Crippen molar-refractivity contribution in [2.45, 2.75) is 37.9 Å². The van der Waals surface area contributed by atoms with E-state index in [0.717, 1.165) is 30.4 Å². The van der Waals surface area contributed by atoms with Gasteiger partial charge < -0.3 is 5.32 Å². The van der Waals surface area contributed by atoms with Gasteiger partial charge in [0, 0.05) is 16.8 Å². The zero-order chi connectivity index (χ0) is 17.7. The average Bonchev–Trinajstić information content (AvgIpc) is 3.03. The van der Waals surface area contributed by atoms with Crippen LogP contribution in [0.15, 0.2) is 35.7 Å². The van der Waals surface area contributed by atoms with E-state index < -0.39 is 9.84 Å². The van der Waals surface area contributed by atoms with Gasteiger partial charge in [-0.1, -0.05) is 30.3 Å². The Morgan fingerprint density at radius 2 is 1.88 bits per heavy atom. The van der Waals surface area contributed by atoms with Gasteiger partial charge >= 0.3 is 0 Å². The lowest BCUT2D eigenvalue weighted by molar-refractivity contribution is 0.0953. The van der Waals surface area contributed by atoms with Gasteiger partial charge in [-0.15, -0.1) is 11.3 Å². The number of sulfone groups is 1. The van der Waals surface area contributed by atoms with Crippen LogP contribution in [-0.2, 0) is 28.4 Å². The molecule has 1 amide bonds. The summed E-state index contributed by atoms with van der Waals surface area (Å²) in [6, 6.07) is 9.19. The van der Waals surface area contributed by atoms with Gasteiger partial charge in [-0.2, -0.15) is 0 Å². The first-order chi connectivity index (χ1) is 12.1. The third-order valence-electron chi connectivity index (χ3n) is 4.45. The molecule has 0 atom stereocenters. The molecule has 0 unspecified atom stereocenters. The van der Waals surface area contributed by atoms with Gasteiger partial charge in [0.2, 0.25) is 0 Å². The van der Waals surface area contributed by atoms with Gasteiger partial charge in [0.05, 0.1) is 17.1 Å². The summed E-state index contributed by atoms with van der Waals surface area (Å²) in [7, 11) is -3.15. The largest absolute Gasteiger partial charge is 0.352 e. The number of carbonyl (C=O) groups excluding carboxylic acids is 1. The zero-order valence-electron chi connectivity index (χ0n) is 14.2. The number of aryl methyl sites for hydroxylation is 1. The molecule has 1 aliphatic carbocycles. The molecule has 6 heteroatoms. The molecular formula is C19H23NO3S2. The lowest BCUT2D eigenvalue weighted by Crippen LogP contribution is -2.27. The standard InChI is InChI=1S/C19H23NO3S2/c21-19(17-13-24-18-10-5-4-9-16(17)18)20-11-6-12-25(22,23)14-15-7-2-1-3-8-15/h1-3,7-8,13H,4-6,9-12,14H2,(H,20,21). The van der Waals surface area contributed by atoms with Crippen LogP contribution < -0.4 is 5.32 Å². The van der Waals surface area contributed by atoms with Gasteiger partial charge in [0.1, 0.15) is 0 Å². The Labute approximate surface area is 153 Å². The molecule has 0 spiro atoms. The minimum Gasteiger partial charge on any atom is -0.352 e. The monoisotopic (exact) mass is 377 g/mol. The topological polar surface area (TPSA) is 63.2 Å². The van der Waals surface area contributed by atoms with Crippen molar-refractivity contribution in [1.82, 2.24) is 5.32 Å². The Morgan fingerprint density at radius 3 is 2.68 bits per heavy atom. The molecule has 1 aromatic carbocycles. The quantitative estimate of drug-likeness (QED) is 0.753. The number of rotatable bonds is 7. The van der Waals surface area contributed by atoms with E-state index in [1.54, 1.807) is 11.3 Å². The molecular weight excluding hydrogens is 354 g/mol. The van der Waals surface area contributed by atoms with Crippen LogP contribution in [-0.4, -0.2) is 26.6 Å². The number of thiophene rings is 1. The van der Waals surface area contributed by atoms with Crippen molar-refractivity contribution in [3.8, 4) is 0 Å². The Morgan fingerprint density at radius 1 is 1.12 bits per heavy atom. The van der Waals surface area contributed by atoms with Gasteiger partial charge in [0.25, 0.3) is 5.91 Å². The van der Waals surface area contributed by atoms with Crippen LogP contribution in [0.1, 0.15) is 45.6 Å². The predicted molar refractivity (Wildman–Crippen MR) is 102 cm³/mol. The molecule has 0 bridgehead atoms. The second-order valence-electron chi connectivity index (χ2n) is 6.45. The first-order valence-corrected chi connectivity index (χ1v) is 11.4. The van der Waals surface area contributed by atoms with Gasteiger partial charge in [-0.25, -0.2) is 8.42 Å². The van der Waals surface area contributed by atoms with Crippen molar-refractivity contribution >= 4 is 27.1 Å². The number of hydrogen-bond acceptors (Lipinski definition) is 4. The van der Waals surface area contributed by atoms with E-state index in [4.69, 9.17) is 0 Å². The second-order valence-corrected chi connectivity index (χ2v) is 9.59. The maximum absolute atomic E-state index is 12.3. The summed E-state index contributed by atoms with van der Waals surface area (Å²) in [5.74, 6) is 0.0730. The molecule has 134 valence electrons. The van der Waals surface area contributed by atoms with Crippen molar-refractivity contribution in [3.05, 3.63) is 57.3 Å². The molecule has 0 radical (unpaired) electrons. The number of amides is 1. The van der Waals surface area contributed by atoms with Gasteiger partial charge in [0.15, 0.2) is 9.84 Å². The minimum atomic E-state index is -3.15. The molecule has 1 heterocycles. The highest BCUT2D eigenvalue weighted by Gasteiger charge is 2.20. The Hall–Kier alpha value is -1.66. The second kappa shape index (κ2) is 8.15. The molecule has 3 rings (SSSR count). The predicted octanol–water partition coefficient (Wildman–Crippen LogP) is 3.36. The van der Waals surface area contributed by atoms with E-state index in [-0.39, 0.29) is 17.4 Å². The summed E-state index contributed by atoms with van der Waals surface area (Å²) < 4.78 is 24.3. The summed E-state index contributed by atoms with van der Waals surface area (Å²) >= 11 is 1.67.